The van der Waals surface area contributed by atoms with Crippen molar-refractivity contribution in [3.8, 4) is 0 Å². The highest BCUT2D eigenvalue weighted by Crippen LogP contribution is 2.22. The second kappa shape index (κ2) is 7.49. The van der Waals surface area contributed by atoms with Crippen LogP contribution in [0.4, 0.5) is 5.69 Å². The Kier molecular flexibility index (Phi) is 5.86. The minimum atomic E-state index is -3.32. The number of nitrogens with one attached hydrogen (secondary N) is 1. The van der Waals surface area contributed by atoms with Gasteiger partial charge in [0.05, 0.1) is 29.4 Å². The van der Waals surface area contributed by atoms with Crippen LogP contribution in [-0.4, -0.2) is 24.0 Å². The molecule has 0 aliphatic carbocycles. The average Bonchev–Trinajstić information content (AvgIpc) is 2.75. The van der Waals surface area contributed by atoms with Gasteiger partial charge in [-0.15, -0.1) is 0 Å². The highest BCUT2D eigenvalue weighted by Gasteiger charge is 2.17. The van der Waals surface area contributed by atoms with Crippen molar-refractivity contribution in [3.63, 3.8) is 0 Å². The molecule has 0 bridgehead atoms. The normalized spacial score (nSPS) is 11.7. The molecule has 23 heavy (non-hydrogen) atoms. The summed E-state index contributed by atoms with van der Waals surface area (Å²) in [7, 11) is -3.32. The summed E-state index contributed by atoms with van der Waals surface area (Å²) in [5, 5.41) is 4.47. The fourth-order valence-electron chi connectivity index (χ4n) is 2.30. The Balaban J connectivity index is 2.20. The molecule has 0 atom stereocenters. The predicted molar refractivity (Wildman–Crippen MR) is 97.3 cm³/mol. The third kappa shape index (κ3) is 4.81. The van der Waals surface area contributed by atoms with Crippen LogP contribution >= 0.6 is 15.9 Å². The molecule has 1 heterocycles. The number of anilines is 1. The smallest absolute Gasteiger partial charge is 0.232 e. The van der Waals surface area contributed by atoms with Crippen LogP contribution in [0.1, 0.15) is 36.7 Å². The van der Waals surface area contributed by atoms with Gasteiger partial charge in [0.25, 0.3) is 0 Å². The van der Waals surface area contributed by atoms with Crippen molar-refractivity contribution in [2.45, 2.75) is 40.2 Å². The first-order valence-corrected chi connectivity index (χ1v) is 10.1. The van der Waals surface area contributed by atoms with Gasteiger partial charge in [-0.3, -0.25) is 9.40 Å². The Morgan fingerprint density at radius 2 is 1.87 bits per heavy atom. The van der Waals surface area contributed by atoms with Gasteiger partial charge in [0.2, 0.25) is 10.0 Å². The Morgan fingerprint density at radius 3 is 2.48 bits per heavy atom. The highest BCUT2D eigenvalue weighted by atomic mass is 79.9. The second-order valence-corrected chi connectivity index (χ2v) is 8.36. The van der Waals surface area contributed by atoms with Crippen LogP contribution in [0.25, 0.3) is 0 Å². The third-order valence-electron chi connectivity index (χ3n) is 3.65. The number of rotatable bonds is 7. The molecule has 1 aromatic heterocycles. The van der Waals surface area contributed by atoms with Crippen molar-refractivity contribution < 1.29 is 8.42 Å². The fourth-order valence-corrected chi connectivity index (χ4v) is 3.94. The second-order valence-electron chi connectivity index (χ2n) is 5.60. The molecule has 1 N–H and O–H groups in total. The summed E-state index contributed by atoms with van der Waals surface area (Å²) in [6.07, 6.45) is 1.50. The Labute approximate surface area is 146 Å². The quantitative estimate of drug-likeness (QED) is 0.768. The summed E-state index contributed by atoms with van der Waals surface area (Å²) in [6, 6.07) is 8.00. The number of halogens is 1. The van der Waals surface area contributed by atoms with E-state index >= 15 is 0 Å². The maximum absolute atomic E-state index is 12.1. The lowest BCUT2D eigenvalue weighted by Crippen LogP contribution is -2.17. The number of hydrogen-bond acceptors (Lipinski definition) is 3. The van der Waals surface area contributed by atoms with Crippen LogP contribution in [0.3, 0.4) is 0 Å². The van der Waals surface area contributed by atoms with E-state index in [0.29, 0.717) is 24.3 Å². The number of sulfonamides is 1. The average molecular weight is 400 g/mol. The van der Waals surface area contributed by atoms with E-state index in [-0.39, 0.29) is 5.75 Å². The van der Waals surface area contributed by atoms with Gasteiger partial charge in [0, 0.05) is 4.47 Å². The van der Waals surface area contributed by atoms with Gasteiger partial charge in [0.1, 0.15) is 0 Å². The zero-order chi connectivity index (χ0) is 17.0. The zero-order valence-electron chi connectivity index (χ0n) is 13.6. The Morgan fingerprint density at radius 1 is 1.22 bits per heavy atom. The molecule has 0 saturated heterocycles. The van der Waals surface area contributed by atoms with Gasteiger partial charge >= 0.3 is 0 Å². The molecule has 0 aliphatic rings. The molecular formula is C16H22BrN3O2S. The van der Waals surface area contributed by atoms with Gasteiger partial charge in [-0.05, 0) is 38.0 Å². The molecule has 0 unspecified atom stereocenters. The SMILES string of the molecule is CCCCS(=O)(=O)Nc1c(C)nn(Cc2ccc(Br)cc2)c1C. The molecule has 1 aromatic carbocycles. The Hall–Kier alpha value is -1.34. The molecule has 2 rings (SSSR count). The lowest BCUT2D eigenvalue weighted by Gasteiger charge is -2.09. The maximum Gasteiger partial charge on any atom is 0.232 e. The van der Waals surface area contributed by atoms with Crippen LogP contribution in [0.15, 0.2) is 28.7 Å². The van der Waals surface area contributed by atoms with Crippen LogP contribution in [0, 0.1) is 13.8 Å². The van der Waals surface area contributed by atoms with E-state index in [0.717, 1.165) is 22.2 Å². The Bertz CT molecular complexity index is 767. The zero-order valence-corrected chi connectivity index (χ0v) is 16.0. The molecule has 126 valence electrons. The molecule has 7 heteroatoms. The molecule has 0 fully saturated rings. The van der Waals surface area contributed by atoms with Gasteiger partial charge in [-0.25, -0.2) is 8.42 Å². The lowest BCUT2D eigenvalue weighted by molar-refractivity contribution is 0.597. The molecule has 5 nitrogen and oxygen atoms in total. The first kappa shape index (κ1) is 18.0. The number of benzene rings is 1. The van der Waals surface area contributed by atoms with E-state index in [1.165, 1.54) is 0 Å². The largest absolute Gasteiger partial charge is 0.280 e. The van der Waals surface area contributed by atoms with Crippen LogP contribution in [0.5, 0.6) is 0 Å². The minimum Gasteiger partial charge on any atom is -0.280 e. The number of unbranched alkanes of at least 4 members (excludes halogenated alkanes) is 1. The van der Waals surface area contributed by atoms with E-state index in [4.69, 9.17) is 0 Å². The molecular weight excluding hydrogens is 378 g/mol. The lowest BCUT2D eigenvalue weighted by atomic mass is 10.2. The van der Waals surface area contributed by atoms with E-state index < -0.39 is 10.0 Å². The van der Waals surface area contributed by atoms with Crippen LogP contribution in [0.2, 0.25) is 0 Å². The first-order chi connectivity index (χ1) is 10.8. The molecule has 0 saturated carbocycles. The van der Waals surface area contributed by atoms with E-state index in [1.807, 2.05) is 49.7 Å². The van der Waals surface area contributed by atoms with Crippen molar-refractivity contribution in [3.05, 3.63) is 45.7 Å². The topological polar surface area (TPSA) is 64.0 Å². The number of aromatic nitrogens is 2. The van der Waals surface area contributed by atoms with Gasteiger partial charge in [0.15, 0.2) is 0 Å². The van der Waals surface area contributed by atoms with Gasteiger partial charge in [-0.1, -0.05) is 41.4 Å². The van der Waals surface area contributed by atoms with E-state index in [2.05, 4.69) is 25.8 Å². The highest BCUT2D eigenvalue weighted by molar-refractivity contribution is 9.10. The molecule has 0 amide bonds. The first-order valence-electron chi connectivity index (χ1n) is 7.61. The van der Waals surface area contributed by atoms with Crippen molar-refractivity contribution in [2.75, 3.05) is 10.5 Å². The van der Waals surface area contributed by atoms with Gasteiger partial charge in [-0.2, -0.15) is 5.10 Å². The standard InChI is InChI=1S/C16H22BrN3O2S/c1-4-5-10-23(21,22)19-16-12(2)18-20(13(16)3)11-14-6-8-15(17)9-7-14/h6-9,19H,4-5,10-11H2,1-3H3. The molecule has 0 spiro atoms. The van der Waals surface area contributed by atoms with Crippen LogP contribution in [-0.2, 0) is 16.6 Å². The summed E-state index contributed by atoms with van der Waals surface area (Å²) in [4.78, 5) is 0. The van der Waals surface area contributed by atoms with E-state index in [9.17, 15) is 8.42 Å². The summed E-state index contributed by atoms with van der Waals surface area (Å²) in [5.74, 6) is 0.139. The molecule has 0 aliphatic heterocycles. The number of nitrogens with zero attached hydrogens (tertiary/aromatic N) is 2. The minimum absolute atomic E-state index is 0.139. The monoisotopic (exact) mass is 399 g/mol. The predicted octanol–water partition coefficient (Wildman–Crippen LogP) is 3.85. The summed E-state index contributed by atoms with van der Waals surface area (Å²) >= 11 is 3.42. The molecule has 2 aromatic rings. The van der Waals surface area contributed by atoms with Gasteiger partial charge < -0.3 is 0 Å². The third-order valence-corrected chi connectivity index (χ3v) is 5.52. The summed E-state index contributed by atoms with van der Waals surface area (Å²) < 4.78 is 29.8. The summed E-state index contributed by atoms with van der Waals surface area (Å²) in [6.45, 7) is 6.29. The maximum atomic E-state index is 12.1. The fraction of sp³-hybridized carbons (Fsp3) is 0.438. The van der Waals surface area contributed by atoms with Crippen molar-refractivity contribution in [2.24, 2.45) is 0 Å². The van der Waals surface area contributed by atoms with Crippen molar-refractivity contribution in [1.82, 2.24) is 9.78 Å². The van der Waals surface area contributed by atoms with Crippen molar-refractivity contribution >= 4 is 31.6 Å². The summed E-state index contributed by atoms with van der Waals surface area (Å²) in [5.41, 5.74) is 3.22. The van der Waals surface area contributed by atoms with Crippen molar-refractivity contribution in [1.29, 1.82) is 0 Å². The van der Waals surface area contributed by atoms with E-state index in [1.54, 1.807) is 0 Å². The van der Waals surface area contributed by atoms with Crippen LogP contribution < -0.4 is 4.72 Å². The number of aryl methyl sites for hydroxylation is 1. The molecule has 0 radical (unpaired) electrons. The number of hydrogen-bond donors (Lipinski definition) is 1.